The molecule has 4 N–H and O–H groups in total. The summed E-state index contributed by atoms with van der Waals surface area (Å²) >= 11 is 6.52. The van der Waals surface area contributed by atoms with Crippen molar-refractivity contribution in [1.29, 1.82) is 0 Å². The molecule has 6 rings (SSSR count). The van der Waals surface area contributed by atoms with Crippen molar-refractivity contribution >= 4 is 42.8 Å². The molecule has 72 heavy (non-hydrogen) atoms. The number of ether oxygens (including phenoxy) is 4. The number of halogens is 3. The van der Waals surface area contributed by atoms with Gasteiger partial charge in [-0.25, -0.2) is 18.4 Å². The van der Waals surface area contributed by atoms with Crippen molar-refractivity contribution in [2.24, 2.45) is 0 Å². The summed E-state index contributed by atoms with van der Waals surface area (Å²) < 4.78 is 51.6. The molecule has 2 amide bonds. The van der Waals surface area contributed by atoms with Crippen LogP contribution in [0.15, 0.2) is 48.5 Å². The smallest absolute Gasteiger partial charge is 0.454 e. The molecule has 2 atom stereocenters. The number of carbonyl (C=O) groups excluding carboxylic acids is 4. The quantitative estimate of drug-likeness (QED) is 0.0542. The van der Waals surface area contributed by atoms with Crippen molar-refractivity contribution in [3.8, 4) is 22.3 Å². The minimum absolute atomic E-state index is 0.162. The zero-order chi connectivity index (χ0) is 54.0. The Morgan fingerprint density at radius 2 is 1.03 bits per heavy atom. The lowest BCUT2D eigenvalue weighted by Crippen LogP contribution is -2.36. The van der Waals surface area contributed by atoms with Gasteiger partial charge in [-0.2, -0.15) is 0 Å². The van der Waals surface area contributed by atoms with E-state index >= 15 is 8.78 Å². The van der Waals surface area contributed by atoms with Gasteiger partial charge < -0.3 is 39.6 Å². The summed E-state index contributed by atoms with van der Waals surface area (Å²) in [7, 11) is -1.04. The molecule has 2 saturated carbocycles. The van der Waals surface area contributed by atoms with Crippen LogP contribution < -0.4 is 10.6 Å². The van der Waals surface area contributed by atoms with E-state index in [0.29, 0.717) is 27.6 Å². The van der Waals surface area contributed by atoms with Crippen LogP contribution in [-0.2, 0) is 28.5 Å². The van der Waals surface area contributed by atoms with E-state index in [9.17, 15) is 19.2 Å². The molecule has 4 aromatic rings. The van der Waals surface area contributed by atoms with E-state index < -0.39 is 66.2 Å². The molecular formula is C56H74BClF2N2O10. The van der Waals surface area contributed by atoms with Crippen LogP contribution >= 0.6 is 11.6 Å². The van der Waals surface area contributed by atoms with E-state index in [-0.39, 0.29) is 43.0 Å². The molecule has 0 spiro atoms. The monoisotopic (exact) mass is 1020 g/mol. The fourth-order valence-corrected chi connectivity index (χ4v) is 8.76. The first-order chi connectivity index (χ1) is 33.5. The summed E-state index contributed by atoms with van der Waals surface area (Å²) in [6.45, 7) is 25.6. The van der Waals surface area contributed by atoms with Crippen LogP contribution in [-0.4, -0.2) is 65.7 Å². The van der Waals surface area contributed by atoms with Crippen LogP contribution in [0.5, 0.6) is 0 Å². The number of carbonyl (C=O) groups is 4. The molecule has 0 bridgehead atoms. The number of hydrogen-bond donors (Lipinski definition) is 4. The van der Waals surface area contributed by atoms with Crippen LogP contribution in [0.4, 0.5) is 18.4 Å². The number of aryl methyl sites for hydroxylation is 6. The van der Waals surface area contributed by atoms with Gasteiger partial charge >= 0.3 is 31.2 Å². The SMILES string of the molecule is CCOC(=O)C[C@H](NC(=O)OC(C)(C)C)c1cc(-c2c(C)cc(C)cc2C2CC2)cc(C)c1F.CCOC(=O)C[C@H](NC(=O)OC(C)(C)C)c1cc(-c2c(C)cc(C)cc2Cl)cc(C)c1F.OB(O)C1CC1. The van der Waals surface area contributed by atoms with Gasteiger partial charge in [-0.05, 0) is 202 Å². The zero-order valence-electron chi connectivity index (χ0n) is 44.5. The van der Waals surface area contributed by atoms with Crippen LogP contribution in [0.2, 0.25) is 10.8 Å². The maximum Gasteiger partial charge on any atom is 0.454 e. The summed E-state index contributed by atoms with van der Waals surface area (Å²) in [6.07, 6.45) is 2.38. The molecule has 2 aliphatic rings. The Bertz CT molecular complexity index is 2560. The molecule has 2 aliphatic carbocycles. The highest BCUT2D eigenvalue weighted by Crippen LogP contribution is 2.47. The highest BCUT2D eigenvalue weighted by molar-refractivity contribution is 6.44. The van der Waals surface area contributed by atoms with Crippen LogP contribution in [0.3, 0.4) is 0 Å². The fraction of sp³-hybridized carbons (Fsp3) is 0.500. The molecule has 2 fully saturated rings. The highest BCUT2D eigenvalue weighted by Gasteiger charge is 2.34. The number of alkyl carbamates (subject to hydrolysis) is 2. The lowest BCUT2D eigenvalue weighted by molar-refractivity contribution is -0.144. The van der Waals surface area contributed by atoms with E-state index in [1.165, 1.54) is 11.1 Å². The van der Waals surface area contributed by atoms with Crippen molar-refractivity contribution in [2.75, 3.05) is 13.2 Å². The average molecular weight is 1020 g/mol. The number of esters is 2. The lowest BCUT2D eigenvalue weighted by atomic mass is 9.84. The first-order valence-electron chi connectivity index (χ1n) is 24.7. The van der Waals surface area contributed by atoms with Gasteiger partial charge in [0.1, 0.15) is 22.8 Å². The van der Waals surface area contributed by atoms with Crippen molar-refractivity contribution < 1.29 is 57.0 Å². The fourth-order valence-electron chi connectivity index (χ4n) is 8.33. The minimum Gasteiger partial charge on any atom is -0.466 e. The molecule has 0 aliphatic heterocycles. The predicted octanol–water partition coefficient (Wildman–Crippen LogP) is 13.0. The Kier molecular flexibility index (Phi) is 20.9. The summed E-state index contributed by atoms with van der Waals surface area (Å²) in [4.78, 5) is 49.6. The lowest BCUT2D eigenvalue weighted by Gasteiger charge is -2.25. The van der Waals surface area contributed by atoms with Crippen LogP contribution in [0.1, 0.15) is 162 Å². The Morgan fingerprint density at radius 3 is 1.38 bits per heavy atom. The first kappa shape index (κ1) is 59.1. The highest BCUT2D eigenvalue weighted by atomic mass is 35.5. The molecule has 0 aromatic heterocycles. The van der Waals surface area contributed by atoms with Gasteiger partial charge in [0.25, 0.3) is 0 Å². The summed E-state index contributed by atoms with van der Waals surface area (Å²) in [5.41, 5.74) is 8.76. The van der Waals surface area contributed by atoms with Crippen molar-refractivity contribution in [1.82, 2.24) is 10.6 Å². The normalized spacial score (nSPS) is 14.0. The van der Waals surface area contributed by atoms with Crippen LogP contribution in [0.25, 0.3) is 22.3 Å². The van der Waals surface area contributed by atoms with Gasteiger partial charge in [-0.15, -0.1) is 0 Å². The summed E-state index contributed by atoms with van der Waals surface area (Å²) in [6, 6.07) is 13.2. The third kappa shape index (κ3) is 17.9. The number of rotatable bonds is 14. The van der Waals surface area contributed by atoms with Crippen molar-refractivity contribution in [2.45, 2.75) is 170 Å². The van der Waals surface area contributed by atoms with Gasteiger partial charge in [-0.3, -0.25) is 9.59 Å². The molecule has 0 unspecified atom stereocenters. The zero-order valence-corrected chi connectivity index (χ0v) is 45.2. The van der Waals surface area contributed by atoms with Gasteiger partial charge in [0.05, 0.1) is 38.1 Å². The topological polar surface area (TPSA) is 170 Å². The standard InChI is InChI=1S/C28H36FNO4.C25H31ClFNO4.C3H7BO2/c1-8-33-24(31)15-23(30-27(32)34-28(5,6)7)22-14-20(13-18(4)26(22)29)25-17(3)11-16(2)12-21(25)19-9-10-19;1-8-31-21(29)13-20(28-24(30)32-25(5,6)7)18-12-17(11-16(4)23(18)27)22-15(3)9-14(2)10-19(22)26;5-4(6)3-1-2-3/h11-14,19,23H,8-10,15H2,1-7H3,(H,30,32);9-12,20H,8,13H2,1-7H3,(H,28,30);3,5-6H,1-2H2/t23-;20-;/m00./s1. The van der Waals surface area contributed by atoms with E-state index in [2.05, 4.69) is 36.6 Å². The van der Waals surface area contributed by atoms with Gasteiger partial charge in [0.15, 0.2) is 0 Å². The number of hydrogen-bond acceptors (Lipinski definition) is 10. The van der Waals surface area contributed by atoms with Gasteiger partial charge in [-0.1, -0.05) is 48.2 Å². The minimum atomic E-state index is -1.04. The number of nitrogens with one attached hydrogen (secondary N) is 2. The molecule has 0 heterocycles. The third-order valence-corrected chi connectivity index (χ3v) is 11.9. The second-order valence-electron chi connectivity index (χ2n) is 20.8. The van der Waals surface area contributed by atoms with E-state index in [1.54, 1.807) is 87.4 Å². The predicted molar refractivity (Wildman–Crippen MR) is 279 cm³/mol. The Morgan fingerprint density at radius 1 is 0.625 bits per heavy atom. The van der Waals surface area contributed by atoms with Gasteiger partial charge in [0, 0.05) is 21.7 Å². The second kappa shape index (κ2) is 25.4. The second-order valence-corrected chi connectivity index (χ2v) is 21.2. The number of benzene rings is 4. The maximum absolute atomic E-state index is 15.5. The molecular weight excluding hydrogens is 945 g/mol. The van der Waals surface area contributed by atoms with E-state index in [1.807, 2.05) is 32.0 Å². The maximum atomic E-state index is 15.5. The summed E-state index contributed by atoms with van der Waals surface area (Å²) in [5.74, 6) is -1.31. The van der Waals surface area contributed by atoms with Crippen molar-refractivity contribution in [3.63, 3.8) is 0 Å². The van der Waals surface area contributed by atoms with E-state index in [0.717, 1.165) is 59.1 Å². The average Bonchev–Trinajstić information content (AvgIpc) is 4.16. The Hall–Kier alpha value is -5.51. The Balaban J connectivity index is 0.000000279. The summed E-state index contributed by atoms with van der Waals surface area (Å²) in [5, 5.41) is 22.4. The first-order valence-corrected chi connectivity index (χ1v) is 25.0. The molecule has 4 aromatic carbocycles. The third-order valence-electron chi connectivity index (χ3n) is 11.6. The van der Waals surface area contributed by atoms with Gasteiger partial charge in [0.2, 0.25) is 0 Å². The molecule has 392 valence electrons. The Labute approximate surface area is 430 Å². The van der Waals surface area contributed by atoms with Crippen LogP contribution in [0, 0.1) is 53.2 Å². The number of amides is 2. The largest absolute Gasteiger partial charge is 0.466 e. The molecule has 0 saturated heterocycles. The molecule has 0 radical (unpaired) electrons. The molecule has 12 nitrogen and oxygen atoms in total. The van der Waals surface area contributed by atoms with E-state index in [4.69, 9.17) is 40.6 Å². The molecule has 16 heteroatoms. The van der Waals surface area contributed by atoms with Crippen molar-refractivity contribution in [3.05, 3.63) is 115 Å².